The van der Waals surface area contributed by atoms with Gasteiger partial charge in [0.05, 0.1) is 18.7 Å². The quantitative estimate of drug-likeness (QED) is 0.946. The van der Waals surface area contributed by atoms with Crippen LogP contribution in [0.15, 0.2) is 47.4 Å². The molecule has 5 nitrogen and oxygen atoms in total. The van der Waals surface area contributed by atoms with Gasteiger partial charge < -0.3 is 14.6 Å². The number of nitrogens with zero attached hydrogens (tertiary/aromatic N) is 1. The number of nitrogens with one attached hydrogen (secondary N) is 1. The van der Waals surface area contributed by atoms with Crippen molar-refractivity contribution in [2.24, 2.45) is 0 Å². The normalized spacial score (nSPS) is 17.5. The Labute approximate surface area is 128 Å². The van der Waals surface area contributed by atoms with E-state index in [0.717, 1.165) is 30.7 Å². The van der Waals surface area contributed by atoms with E-state index >= 15 is 0 Å². The molecule has 22 heavy (non-hydrogen) atoms. The molecule has 0 saturated carbocycles. The van der Waals surface area contributed by atoms with Crippen molar-refractivity contribution in [2.75, 3.05) is 13.7 Å². The van der Waals surface area contributed by atoms with Crippen molar-refractivity contribution in [1.82, 2.24) is 9.88 Å². The number of benzene rings is 1. The Bertz CT molecular complexity index is 718. The second kappa shape index (κ2) is 6.05. The average Bonchev–Trinajstić information content (AvgIpc) is 3.04. The Morgan fingerprint density at radius 3 is 2.91 bits per heavy atom. The molecular formula is C17H18N2O3. The van der Waals surface area contributed by atoms with Crippen molar-refractivity contribution in [3.63, 3.8) is 0 Å². The van der Waals surface area contributed by atoms with E-state index in [1.54, 1.807) is 13.2 Å². The number of amides is 1. The third-order valence-corrected chi connectivity index (χ3v) is 4.02. The first-order valence-corrected chi connectivity index (χ1v) is 7.32. The standard InChI is InChI=1S/C17H18N2O3/c1-22-14-5-2-4-12(10-14)15-6-3-9-19(15)17(21)13-7-8-16(20)18-11-13/h2,4-5,7-8,10-11,15H,3,6,9H2,1H3,(H,18,20). The van der Waals surface area contributed by atoms with Gasteiger partial charge in [0, 0.05) is 18.8 Å². The van der Waals surface area contributed by atoms with Crippen LogP contribution in [0.2, 0.25) is 0 Å². The number of methoxy groups -OCH3 is 1. The molecule has 1 aromatic heterocycles. The van der Waals surface area contributed by atoms with Crippen LogP contribution in [0.4, 0.5) is 0 Å². The van der Waals surface area contributed by atoms with Gasteiger partial charge in [-0.2, -0.15) is 0 Å². The Morgan fingerprint density at radius 2 is 2.18 bits per heavy atom. The zero-order valence-corrected chi connectivity index (χ0v) is 12.4. The van der Waals surface area contributed by atoms with E-state index in [4.69, 9.17) is 4.74 Å². The fraction of sp³-hybridized carbons (Fsp3) is 0.294. The number of hydrogen-bond acceptors (Lipinski definition) is 3. The summed E-state index contributed by atoms with van der Waals surface area (Å²) in [5.74, 6) is 0.738. The lowest BCUT2D eigenvalue weighted by Crippen LogP contribution is -2.31. The van der Waals surface area contributed by atoms with Gasteiger partial charge in [-0.3, -0.25) is 9.59 Å². The number of carbonyl (C=O) groups is 1. The van der Waals surface area contributed by atoms with Gasteiger partial charge in [-0.25, -0.2) is 0 Å². The van der Waals surface area contributed by atoms with E-state index in [-0.39, 0.29) is 17.5 Å². The third kappa shape index (κ3) is 2.74. The van der Waals surface area contributed by atoms with Crippen molar-refractivity contribution in [3.8, 4) is 5.75 Å². The minimum Gasteiger partial charge on any atom is -0.497 e. The summed E-state index contributed by atoms with van der Waals surface area (Å²) in [7, 11) is 1.64. The van der Waals surface area contributed by atoms with E-state index in [1.807, 2.05) is 29.2 Å². The number of hydrogen-bond donors (Lipinski definition) is 1. The van der Waals surface area contributed by atoms with Gasteiger partial charge in [0.25, 0.3) is 5.91 Å². The Morgan fingerprint density at radius 1 is 1.32 bits per heavy atom. The minimum atomic E-state index is -0.206. The predicted molar refractivity (Wildman–Crippen MR) is 83.1 cm³/mol. The van der Waals surface area contributed by atoms with Gasteiger partial charge >= 0.3 is 0 Å². The van der Waals surface area contributed by atoms with Crippen molar-refractivity contribution in [1.29, 1.82) is 0 Å². The summed E-state index contributed by atoms with van der Waals surface area (Å²) >= 11 is 0. The molecule has 3 rings (SSSR count). The highest BCUT2D eigenvalue weighted by Crippen LogP contribution is 2.34. The van der Waals surface area contributed by atoms with E-state index in [1.165, 1.54) is 12.3 Å². The molecule has 0 radical (unpaired) electrons. The molecule has 1 atom stereocenters. The van der Waals surface area contributed by atoms with Crippen molar-refractivity contribution >= 4 is 5.91 Å². The molecular weight excluding hydrogens is 280 g/mol. The minimum absolute atomic E-state index is 0.0505. The number of rotatable bonds is 3. The zero-order chi connectivity index (χ0) is 15.5. The molecule has 5 heteroatoms. The second-order valence-electron chi connectivity index (χ2n) is 5.37. The van der Waals surface area contributed by atoms with Crippen molar-refractivity contribution in [3.05, 3.63) is 64.1 Å². The first-order valence-electron chi connectivity index (χ1n) is 7.32. The lowest BCUT2D eigenvalue weighted by Gasteiger charge is -2.25. The molecule has 1 fully saturated rings. The maximum atomic E-state index is 12.7. The van der Waals surface area contributed by atoms with Crippen LogP contribution in [0.25, 0.3) is 0 Å². The van der Waals surface area contributed by atoms with Crippen LogP contribution in [0, 0.1) is 0 Å². The van der Waals surface area contributed by atoms with Gasteiger partial charge in [0.2, 0.25) is 5.56 Å². The SMILES string of the molecule is COc1cccc(C2CCCN2C(=O)c2ccc(=O)[nH]c2)c1. The van der Waals surface area contributed by atoms with Gasteiger partial charge in [0.15, 0.2) is 0 Å². The maximum absolute atomic E-state index is 12.7. The molecule has 1 N–H and O–H groups in total. The van der Waals surface area contributed by atoms with E-state index in [2.05, 4.69) is 4.98 Å². The highest BCUT2D eigenvalue weighted by Gasteiger charge is 2.30. The number of ether oxygens (including phenoxy) is 1. The highest BCUT2D eigenvalue weighted by molar-refractivity contribution is 5.94. The van der Waals surface area contributed by atoms with Crippen LogP contribution in [0.1, 0.15) is 34.8 Å². The van der Waals surface area contributed by atoms with Crippen molar-refractivity contribution < 1.29 is 9.53 Å². The van der Waals surface area contributed by atoms with Crippen LogP contribution >= 0.6 is 0 Å². The van der Waals surface area contributed by atoms with Crippen LogP contribution < -0.4 is 10.3 Å². The van der Waals surface area contributed by atoms with E-state index < -0.39 is 0 Å². The average molecular weight is 298 g/mol. The number of aromatic amines is 1. The third-order valence-electron chi connectivity index (χ3n) is 4.02. The smallest absolute Gasteiger partial charge is 0.255 e. The first kappa shape index (κ1) is 14.4. The largest absolute Gasteiger partial charge is 0.497 e. The molecule has 1 aliphatic heterocycles. The van der Waals surface area contributed by atoms with E-state index in [0.29, 0.717) is 5.56 Å². The molecule has 2 aromatic rings. The summed E-state index contributed by atoms with van der Waals surface area (Å²) < 4.78 is 5.26. The lowest BCUT2D eigenvalue weighted by molar-refractivity contribution is 0.0735. The molecule has 1 aliphatic rings. The van der Waals surface area contributed by atoms with Crippen LogP contribution in [0.3, 0.4) is 0 Å². The second-order valence-corrected chi connectivity index (χ2v) is 5.37. The number of H-pyrrole nitrogens is 1. The number of likely N-dealkylation sites (tertiary alicyclic amines) is 1. The molecule has 0 aliphatic carbocycles. The molecule has 1 saturated heterocycles. The van der Waals surface area contributed by atoms with Gasteiger partial charge in [0.1, 0.15) is 5.75 Å². The summed E-state index contributed by atoms with van der Waals surface area (Å²) in [6.07, 6.45) is 3.38. The van der Waals surface area contributed by atoms with Crippen molar-refractivity contribution in [2.45, 2.75) is 18.9 Å². The lowest BCUT2D eigenvalue weighted by atomic mass is 10.0. The summed E-state index contributed by atoms with van der Waals surface area (Å²) in [5.41, 5.74) is 1.38. The zero-order valence-electron chi connectivity index (χ0n) is 12.4. The van der Waals surface area contributed by atoms with Crippen LogP contribution in [-0.4, -0.2) is 29.4 Å². The number of carbonyl (C=O) groups excluding carboxylic acids is 1. The number of pyridine rings is 1. The maximum Gasteiger partial charge on any atom is 0.255 e. The summed E-state index contributed by atoms with van der Waals surface area (Å²) in [6, 6.07) is 10.8. The topological polar surface area (TPSA) is 62.4 Å². The summed E-state index contributed by atoms with van der Waals surface area (Å²) in [5, 5.41) is 0. The molecule has 1 amide bonds. The number of aromatic nitrogens is 1. The molecule has 1 aromatic carbocycles. The van der Waals surface area contributed by atoms with Crippen LogP contribution in [0.5, 0.6) is 5.75 Å². The molecule has 0 spiro atoms. The fourth-order valence-corrected chi connectivity index (χ4v) is 2.91. The summed E-state index contributed by atoms with van der Waals surface area (Å²) in [6.45, 7) is 0.722. The Balaban J connectivity index is 1.87. The molecule has 114 valence electrons. The van der Waals surface area contributed by atoms with Gasteiger partial charge in [-0.15, -0.1) is 0 Å². The Kier molecular flexibility index (Phi) is 3.96. The first-order chi connectivity index (χ1) is 10.7. The molecule has 2 heterocycles. The fourth-order valence-electron chi connectivity index (χ4n) is 2.91. The Hall–Kier alpha value is -2.56. The highest BCUT2D eigenvalue weighted by atomic mass is 16.5. The van der Waals surface area contributed by atoms with Gasteiger partial charge in [-0.05, 0) is 36.6 Å². The van der Waals surface area contributed by atoms with E-state index in [9.17, 15) is 9.59 Å². The molecule has 0 bridgehead atoms. The predicted octanol–water partition coefficient (Wildman–Crippen LogP) is 2.36. The molecule has 1 unspecified atom stereocenters. The monoisotopic (exact) mass is 298 g/mol. The summed E-state index contributed by atoms with van der Waals surface area (Å²) in [4.78, 5) is 28.2. The van der Waals surface area contributed by atoms with Gasteiger partial charge in [-0.1, -0.05) is 12.1 Å². The van der Waals surface area contributed by atoms with Crippen LogP contribution in [-0.2, 0) is 0 Å².